The summed E-state index contributed by atoms with van der Waals surface area (Å²) in [7, 11) is 3.98. The first-order valence-corrected chi connectivity index (χ1v) is 14.2. The number of aromatic amines is 2. The lowest BCUT2D eigenvalue weighted by Crippen LogP contribution is -2.59. The van der Waals surface area contributed by atoms with Gasteiger partial charge in [0.1, 0.15) is 17.4 Å². The topological polar surface area (TPSA) is 105 Å². The number of anilines is 1. The van der Waals surface area contributed by atoms with E-state index in [1.807, 2.05) is 104 Å². The zero-order valence-corrected chi connectivity index (χ0v) is 24.5. The summed E-state index contributed by atoms with van der Waals surface area (Å²) in [5.41, 5.74) is 3.34. The van der Waals surface area contributed by atoms with Gasteiger partial charge in [0.05, 0.1) is 12.1 Å². The molecule has 3 N–H and O–H groups in total. The van der Waals surface area contributed by atoms with Crippen molar-refractivity contribution in [2.24, 2.45) is 11.3 Å². The number of amides is 3. The summed E-state index contributed by atoms with van der Waals surface area (Å²) in [4.78, 5) is 53.2. The molecule has 2 fully saturated rings. The Morgan fingerprint density at radius 1 is 0.878 bits per heavy atom. The standard InChI is InChI=1S/C32H38N6O3/c1-18-26-17-38(27(18)16-37(26)30(40)25-14-20-11-12-21(36(5)6)15-23(20)34-25)31(41)28(32(2,3)4)35-29(39)24-13-19-9-7-8-10-22(19)33-24/h7-15,18,26-28,33-34H,16-17H2,1-6H3,(H,35,39). The van der Waals surface area contributed by atoms with E-state index >= 15 is 0 Å². The van der Waals surface area contributed by atoms with Crippen LogP contribution in [0, 0.1) is 11.3 Å². The molecule has 2 aliphatic heterocycles. The van der Waals surface area contributed by atoms with E-state index in [0.29, 0.717) is 24.5 Å². The van der Waals surface area contributed by atoms with Crippen molar-refractivity contribution in [1.82, 2.24) is 25.1 Å². The molecule has 2 saturated heterocycles. The lowest BCUT2D eigenvalue weighted by molar-refractivity contribution is -0.138. The number of fused-ring (bicyclic) bond motifs is 4. The van der Waals surface area contributed by atoms with Crippen molar-refractivity contribution in [3.05, 3.63) is 66.0 Å². The third kappa shape index (κ3) is 4.63. The maximum atomic E-state index is 14.0. The maximum absolute atomic E-state index is 14.0. The van der Waals surface area contributed by atoms with Crippen LogP contribution in [0.2, 0.25) is 0 Å². The van der Waals surface area contributed by atoms with Crippen LogP contribution in [0.25, 0.3) is 21.8 Å². The number of hydrogen-bond acceptors (Lipinski definition) is 4. The molecule has 2 aromatic heterocycles. The highest BCUT2D eigenvalue weighted by molar-refractivity contribution is 6.01. The molecule has 4 unspecified atom stereocenters. The molecule has 9 nitrogen and oxygen atoms in total. The molecule has 0 spiro atoms. The molecule has 214 valence electrons. The van der Waals surface area contributed by atoms with Crippen molar-refractivity contribution in [2.75, 3.05) is 32.1 Å². The summed E-state index contributed by atoms with van der Waals surface area (Å²) >= 11 is 0. The summed E-state index contributed by atoms with van der Waals surface area (Å²) in [5, 5.41) is 4.96. The number of carbonyl (C=O) groups is 3. The van der Waals surface area contributed by atoms with Crippen LogP contribution >= 0.6 is 0 Å². The number of hydrogen-bond donors (Lipinski definition) is 3. The molecule has 3 amide bonds. The summed E-state index contributed by atoms with van der Waals surface area (Å²) in [6.07, 6.45) is 0. The van der Waals surface area contributed by atoms with Gasteiger partial charge in [-0.15, -0.1) is 0 Å². The van der Waals surface area contributed by atoms with Crippen molar-refractivity contribution >= 4 is 45.2 Å². The minimum Gasteiger partial charge on any atom is -0.378 e. The molecular weight excluding hydrogens is 516 g/mol. The van der Waals surface area contributed by atoms with E-state index in [1.54, 1.807) is 0 Å². The van der Waals surface area contributed by atoms with Crippen LogP contribution in [-0.4, -0.2) is 82.8 Å². The largest absolute Gasteiger partial charge is 0.378 e. The molecular formula is C32H38N6O3. The molecule has 6 rings (SSSR count). The van der Waals surface area contributed by atoms with Crippen molar-refractivity contribution in [1.29, 1.82) is 0 Å². The van der Waals surface area contributed by atoms with Crippen molar-refractivity contribution in [2.45, 2.75) is 45.8 Å². The molecule has 0 radical (unpaired) electrons. The molecule has 4 heterocycles. The third-order valence-electron chi connectivity index (χ3n) is 8.84. The number of likely N-dealkylation sites (tertiary alicyclic amines) is 2. The molecule has 0 saturated carbocycles. The van der Waals surface area contributed by atoms with Crippen LogP contribution in [0.3, 0.4) is 0 Å². The summed E-state index contributed by atoms with van der Waals surface area (Å²) in [6, 6.07) is 16.6. The van der Waals surface area contributed by atoms with E-state index in [-0.39, 0.29) is 35.7 Å². The lowest BCUT2D eigenvalue weighted by Gasteiger charge is -2.39. The molecule has 0 aliphatic carbocycles. The van der Waals surface area contributed by atoms with Crippen molar-refractivity contribution in [3.63, 3.8) is 0 Å². The van der Waals surface area contributed by atoms with Gasteiger partial charge < -0.3 is 30.0 Å². The van der Waals surface area contributed by atoms with E-state index in [2.05, 4.69) is 22.2 Å². The van der Waals surface area contributed by atoms with E-state index in [9.17, 15) is 14.4 Å². The van der Waals surface area contributed by atoms with Gasteiger partial charge in [0.25, 0.3) is 11.8 Å². The van der Waals surface area contributed by atoms with Gasteiger partial charge in [-0.1, -0.05) is 52.0 Å². The summed E-state index contributed by atoms with van der Waals surface area (Å²) in [6.45, 7) is 8.93. The van der Waals surface area contributed by atoms with Crippen LogP contribution in [0.4, 0.5) is 5.69 Å². The molecule has 2 bridgehead atoms. The van der Waals surface area contributed by atoms with Gasteiger partial charge in [-0.2, -0.15) is 0 Å². The predicted molar refractivity (Wildman–Crippen MR) is 161 cm³/mol. The highest BCUT2D eigenvalue weighted by atomic mass is 16.2. The van der Waals surface area contributed by atoms with Crippen LogP contribution in [-0.2, 0) is 4.79 Å². The fraction of sp³-hybridized carbons (Fsp3) is 0.406. The van der Waals surface area contributed by atoms with Gasteiger partial charge in [-0.25, -0.2) is 0 Å². The zero-order chi connectivity index (χ0) is 29.2. The van der Waals surface area contributed by atoms with Gasteiger partial charge in [-0.3, -0.25) is 14.4 Å². The lowest BCUT2D eigenvalue weighted by atomic mass is 9.85. The van der Waals surface area contributed by atoms with Crippen LogP contribution in [0.1, 0.15) is 48.7 Å². The molecule has 2 aromatic carbocycles. The second-order valence-electron chi connectivity index (χ2n) is 12.8. The predicted octanol–water partition coefficient (Wildman–Crippen LogP) is 4.23. The Hall–Kier alpha value is -4.27. The Balaban J connectivity index is 1.18. The highest BCUT2D eigenvalue weighted by Gasteiger charge is 2.54. The number of rotatable bonds is 5. The Kier molecular flexibility index (Phi) is 6.36. The average molecular weight is 555 g/mol. The Morgan fingerprint density at radius 3 is 2.17 bits per heavy atom. The fourth-order valence-corrected chi connectivity index (χ4v) is 6.40. The highest BCUT2D eigenvalue weighted by Crippen LogP contribution is 2.38. The van der Waals surface area contributed by atoms with E-state index < -0.39 is 11.5 Å². The molecule has 4 atom stereocenters. The average Bonchev–Trinajstić information content (AvgIpc) is 3.70. The number of aromatic nitrogens is 2. The first-order chi connectivity index (χ1) is 19.4. The van der Waals surface area contributed by atoms with Gasteiger partial charge in [0, 0.05) is 60.6 Å². The molecule has 41 heavy (non-hydrogen) atoms. The third-order valence-corrected chi connectivity index (χ3v) is 8.84. The molecule has 2 aliphatic rings. The monoisotopic (exact) mass is 554 g/mol. The summed E-state index contributed by atoms with van der Waals surface area (Å²) < 4.78 is 0. The zero-order valence-electron chi connectivity index (χ0n) is 24.5. The van der Waals surface area contributed by atoms with E-state index in [0.717, 1.165) is 27.5 Å². The first kappa shape index (κ1) is 26.9. The second-order valence-corrected chi connectivity index (χ2v) is 12.8. The van der Waals surface area contributed by atoms with Gasteiger partial charge in [0.15, 0.2) is 0 Å². The van der Waals surface area contributed by atoms with Crippen molar-refractivity contribution in [3.8, 4) is 0 Å². The number of nitrogens with zero attached hydrogens (tertiary/aromatic N) is 3. The number of para-hydroxylation sites is 1. The SMILES string of the molecule is CC1C2CN(C(=O)C(NC(=O)c3cc4ccccc4[nH]3)C(C)(C)C)C1CN2C(=O)c1cc2ccc(N(C)C)cc2[nH]1. The Labute approximate surface area is 239 Å². The van der Waals surface area contributed by atoms with Crippen LogP contribution in [0.15, 0.2) is 54.6 Å². The Bertz CT molecular complexity index is 1630. The van der Waals surface area contributed by atoms with Crippen molar-refractivity contribution < 1.29 is 14.4 Å². The molecule has 4 aromatic rings. The number of benzene rings is 2. The number of nitrogens with one attached hydrogen (secondary N) is 3. The normalized spacial score (nSPS) is 21.1. The minimum absolute atomic E-state index is 0.0430. The fourth-order valence-electron chi connectivity index (χ4n) is 6.40. The first-order valence-electron chi connectivity index (χ1n) is 14.2. The smallest absolute Gasteiger partial charge is 0.270 e. The van der Waals surface area contributed by atoms with E-state index in [1.165, 1.54) is 0 Å². The Morgan fingerprint density at radius 2 is 1.51 bits per heavy atom. The molecule has 9 heteroatoms. The number of piperazine rings is 1. The summed E-state index contributed by atoms with van der Waals surface area (Å²) in [5.74, 6) is -0.314. The van der Waals surface area contributed by atoms with Crippen LogP contribution < -0.4 is 10.2 Å². The quantitative estimate of drug-likeness (QED) is 0.343. The maximum Gasteiger partial charge on any atom is 0.270 e. The second kappa shape index (κ2) is 9.68. The van der Waals surface area contributed by atoms with Gasteiger partial charge >= 0.3 is 0 Å². The van der Waals surface area contributed by atoms with E-state index in [4.69, 9.17) is 0 Å². The van der Waals surface area contributed by atoms with Gasteiger partial charge in [0.2, 0.25) is 5.91 Å². The number of carbonyl (C=O) groups excluding carboxylic acids is 3. The minimum atomic E-state index is -0.711. The van der Waals surface area contributed by atoms with Gasteiger partial charge in [-0.05, 0) is 35.7 Å². The number of H-pyrrole nitrogens is 2. The van der Waals surface area contributed by atoms with Crippen LogP contribution in [0.5, 0.6) is 0 Å².